The molecule has 0 aromatic rings. The fraction of sp³-hybridized carbons (Fsp3) is 0.750. The highest BCUT2D eigenvalue weighted by atomic mass is 19.4. The van der Waals surface area contributed by atoms with E-state index < -0.39 is 24.5 Å². The van der Waals surface area contributed by atoms with E-state index in [1.807, 2.05) is 0 Å². The maximum Gasteiger partial charge on any atom is 0.390 e. The average molecular weight is 224 g/mol. The highest BCUT2D eigenvalue weighted by Gasteiger charge is 2.29. The molecule has 0 spiro atoms. The lowest BCUT2D eigenvalue weighted by atomic mass is 10.1. The summed E-state index contributed by atoms with van der Waals surface area (Å²) in [6.07, 6.45) is -4.80. The quantitative estimate of drug-likeness (QED) is 0.679. The molecule has 1 heterocycles. The minimum Gasteiger partial charge on any atom is -0.306 e. The van der Waals surface area contributed by atoms with Gasteiger partial charge < -0.3 is 5.32 Å². The zero-order valence-electron chi connectivity index (χ0n) is 7.86. The molecular formula is C8H11F3N2O2. The molecule has 1 aliphatic heterocycles. The van der Waals surface area contributed by atoms with Crippen LogP contribution >= 0.6 is 0 Å². The molecular weight excluding hydrogens is 213 g/mol. The molecule has 0 saturated carbocycles. The number of amides is 2. The first-order valence-corrected chi connectivity index (χ1v) is 4.52. The Morgan fingerprint density at radius 2 is 2.07 bits per heavy atom. The lowest BCUT2D eigenvalue weighted by molar-refractivity contribution is -0.139. The third-order valence-electron chi connectivity index (χ3n) is 2.04. The third kappa shape index (κ3) is 4.28. The molecule has 0 aromatic heterocycles. The van der Waals surface area contributed by atoms with Crippen LogP contribution in [-0.2, 0) is 9.59 Å². The summed E-state index contributed by atoms with van der Waals surface area (Å²) in [5, 5.41) is 4.52. The minimum atomic E-state index is -4.23. The van der Waals surface area contributed by atoms with Gasteiger partial charge in [0.25, 0.3) is 0 Å². The van der Waals surface area contributed by atoms with Crippen molar-refractivity contribution in [1.29, 1.82) is 0 Å². The van der Waals surface area contributed by atoms with E-state index in [1.54, 1.807) is 0 Å². The van der Waals surface area contributed by atoms with E-state index in [0.29, 0.717) is 0 Å². The van der Waals surface area contributed by atoms with Gasteiger partial charge in [0.05, 0.1) is 12.5 Å². The number of halogens is 3. The van der Waals surface area contributed by atoms with Crippen molar-refractivity contribution in [2.24, 2.45) is 0 Å². The normalized spacial score (nSPS) is 22.7. The molecule has 86 valence electrons. The summed E-state index contributed by atoms with van der Waals surface area (Å²) in [5.41, 5.74) is 0. The van der Waals surface area contributed by atoms with Crippen molar-refractivity contribution in [3.8, 4) is 0 Å². The van der Waals surface area contributed by atoms with Gasteiger partial charge in [0.1, 0.15) is 0 Å². The van der Waals surface area contributed by atoms with E-state index in [-0.39, 0.29) is 25.3 Å². The molecule has 7 heteroatoms. The second kappa shape index (κ2) is 4.61. The second-order valence-corrected chi connectivity index (χ2v) is 3.32. The number of alkyl halides is 3. The Balaban J connectivity index is 2.27. The fourth-order valence-electron chi connectivity index (χ4n) is 1.28. The zero-order chi connectivity index (χ0) is 11.5. The van der Waals surface area contributed by atoms with Crippen LogP contribution in [0.4, 0.5) is 13.2 Å². The molecule has 0 aliphatic carbocycles. The van der Waals surface area contributed by atoms with Crippen LogP contribution in [-0.4, -0.2) is 30.6 Å². The van der Waals surface area contributed by atoms with Gasteiger partial charge in [-0.15, -0.1) is 0 Å². The first kappa shape index (κ1) is 12.0. The van der Waals surface area contributed by atoms with Crippen molar-refractivity contribution >= 4 is 11.8 Å². The molecule has 1 unspecified atom stereocenters. The lowest BCUT2D eigenvalue weighted by Crippen LogP contribution is -2.51. The van der Waals surface area contributed by atoms with E-state index in [2.05, 4.69) is 10.6 Å². The molecule has 0 radical (unpaired) electrons. The number of nitrogens with one attached hydrogen (secondary N) is 2. The largest absolute Gasteiger partial charge is 0.390 e. The monoisotopic (exact) mass is 224 g/mol. The highest BCUT2D eigenvalue weighted by molar-refractivity contribution is 6.00. The van der Waals surface area contributed by atoms with Crippen molar-refractivity contribution in [3.05, 3.63) is 0 Å². The van der Waals surface area contributed by atoms with Crippen LogP contribution in [0.25, 0.3) is 0 Å². The minimum absolute atomic E-state index is 0.162. The summed E-state index contributed by atoms with van der Waals surface area (Å²) >= 11 is 0. The van der Waals surface area contributed by atoms with E-state index in [4.69, 9.17) is 0 Å². The van der Waals surface area contributed by atoms with Gasteiger partial charge in [0, 0.05) is 13.0 Å². The zero-order valence-corrected chi connectivity index (χ0v) is 7.86. The molecule has 2 amide bonds. The molecule has 1 aliphatic rings. The molecule has 0 aromatic carbocycles. The van der Waals surface area contributed by atoms with Crippen molar-refractivity contribution in [2.75, 3.05) is 6.54 Å². The lowest BCUT2D eigenvalue weighted by Gasteiger charge is -2.22. The Labute approximate surface area is 84.2 Å². The van der Waals surface area contributed by atoms with Crippen LogP contribution in [0.1, 0.15) is 19.3 Å². The summed E-state index contributed by atoms with van der Waals surface area (Å²) in [7, 11) is 0. The standard InChI is InChI=1S/C8H11F3N2O2/c9-8(10,11)3-4-12-5-1-2-6(14)13-7(5)15/h5,12H,1-4H2,(H,13,14,15). The molecule has 1 atom stereocenters. The van der Waals surface area contributed by atoms with Crippen molar-refractivity contribution < 1.29 is 22.8 Å². The van der Waals surface area contributed by atoms with E-state index in [9.17, 15) is 22.8 Å². The number of piperidine rings is 1. The molecule has 2 N–H and O–H groups in total. The number of carbonyl (C=O) groups is 2. The summed E-state index contributed by atoms with van der Waals surface area (Å²) in [4.78, 5) is 21.8. The Kier molecular flexibility index (Phi) is 3.67. The molecule has 4 nitrogen and oxygen atoms in total. The first-order chi connectivity index (χ1) is 6.88. The van der Waals surface area contributed by atoms with E-state index >= 15 is 0 Å². The van der Waals surface area contributed by atoms with Gasteiger partial charge in [-0.2, -0.15) is 13.2 Å². The number of carbonyl (C=O) groups excluding carboxylic acids is 2. The van der Waals surface area contributed by atoms with Gasteiger partial charge in [-0.1, -0.05) is 0 Å². The highest BCUT2D eigenvalue weighted by Crippen LogP contribution is 2.18. The van der Waals surface area contributed by atoms with Crippen LogP contribution in [0.2, 0.25) is 0 Å². The molecule has 0 bridgehead atoms. The predicted molar refractivity (Wildman–Crippen MR) is 44.8 cm³/mol. The number of imide groups is 1. The Bertz CT molecular complexity index is 265. The maximum atomic E-state index is 11.8. The van der Waals surface area contributed by atoms with E-state index in [1.165, 1.54) is 0 Å². The SMILES string of the molecule is O=C1CCC(NCCC(F)(F)F)C(=O)N1. The molecule has 1 fully saturated rings. The summed E-state index contributed by atoms with van der Waals surface area (Å²) in [5.74, 6) is -0.928. The predicted octanol–water partition coefficient (Wildman–Crippen LogP) is 0.334. The van der Waals surface area contributed by atoms with Crippen LogP contribution < -0.4 is 10.6 Å². The Morgan fingerprint density at radius 1 is 1.40 bits per heavy atom. The average Bonchev–Trinajstić information content (AvgIpc) is 2.07. The number of rotatable bonds is 3. The van der Waals surface area contributed by atoms with Crippen molar-refractivity contribution in [1.82, 2.24) is 10.6 Å². The summed E-state index contributed by atoms with van der Waals surface area (Å²) in [6, 6.07) is -0.690. The van der Waals surface area contributed by atoms with Crippen LogP contribution in [0.5, 0.6) is 0 Å². The number of hydrogen-bond acceptors (Lipinski definition) is 3. The summed E-state index contributed by atoms with van der Waals surface area (Å²) in [6.45, 7) is -0.310. The van der Waals surface area contributed by atoms with Gasteiger partial charge in [0.2, 0.25) is 11.8 Å². The smallest absolute Gasteiger partial charge is 0.306 e. The number of hydrogen-bond donors (Lipinski definition) is 2. The van der Waals surface area contributed by atoms with Gasteiger partial charge in [-0.25, -0.2) is 0 Å². The first-order valence-electron chi connectivity index (χ1n) is 4.52. The fourth-order valence-corrected chi connectivity index (χ4v) is 1.28. The van der Waals surface area contributed by atoms with Crippen LogP contribution in [0.3, 0.4) is 0 Å². The third-order valence-corrected chi connectivity index (χ3v) is 2.04. The maximum absolute atomic E-state index is 11.8. The Morgan fingerprint density at radius 3 is 2.60 bits per heavy atom. The second-order valence-electron chi connectivity index (χ2n) is 3.32. The van der Waals surface area contributed by atoms with Gasteiger partial charge in [-0.05, 0) is 6.42 Å². The molecule has 1 saturated heterocycles. The topological polar surface area (TPSA) is 58.2 Å². The van der Waals surface area contributed by atoms with Crippen molar-refractivity contribution in [3.63, 3.8) is 0 Å². The van der Waals surface area contributed by atoms with Gasteiger partial charge in [-0.3, -0.25) is 14.9 Å². The molecule has 15 heavy (non-hydrogen) atoms. The van der Waals surface area contributed by atoms with Crippen molar-refractivity contribution in [2.45, 2.75) is 31.5 Å². The van der Waals surface area contributed by atoms with E-state index in [0.717, 1.165) is 0 Å². The van der Waals surface area contributed by atoms with Crippen LogP contribution in [0, 0.1) is 0 Å². The molecule has 1 rings (SSSR count). The van der Waals surface area contributed by atoms with Crippen LogP contribution in [0.15, 0.2) is 0 Å². The Hall–Kier alpha value is -1.11. The van der Waals surface area contributed by atoms with Gasteiger partial charge in [0.15, 0.2) is 0 Å². The summed E-state index contributed by atoms with van der Waals surface area (Å²) < 4.78 is 35.3. The van der Waals surface area contributed by atoms with Gasteiger partial charge >= 0.3 is 6.18 Å².